The van der Waals surface area contributed by atoms with E-state index in [2.05, 4.69) is 5.90 Å². The number of carbonyl (C=O) groups excluding carboxylic acids is 2. The van der Waals surface area contributed by atoms with Crippen molar-refractivity contribution in [2.75, 3.05) is 0 Å². The average Bonchev–Trinajstić information content (AvgIpc) is 3.35. The maximum atomic E-state index is 10.7. The number of rotatable bonds is 5. The van der Waals surface area contributed by atoms with Crippen LogP contribution in [0.4, 0.5) is 0 Å². The molecular weight excluding hydrogens is 460 g/mol. The van der Waals surface area contributed by atoms with E-state index in [0.29, 0.717) is 11.3 Å². The first-order chi connectivity index (χ1) is 17.0. The van der Waals surface area contributed by atoms with E-state index in [1.54, 1.807) is 12.2 Å². The molecule has 0 aliphatic rings. The fraction of sp³-hybridized carbons (Fsp3) is 0.286. The van der Waals surface area contributed by atoms with Gasteiger partial charge in [0.15, 0.2) is 6.29 Å². The smallest absolute Gasteiger partial charge is 0.221 e. The molecule has 194 valence electrons. The Hall–Kier alpha value is -3.26. The molecule has 0 saturated heterocycles. The molecule has 2 aromatic carbocycles. The first-order valence-corrected chi connectivity index (χ1v) is 12.4. The Morgan fingerprint density at radius 3 is 2.00 bits per heavy atom. The molecule has 1 amide bonds. The minimum absolute atomic E-state index is 0.226. The third kappa shape index (κ3) is 16.1. The minimum Gasteiger partial charge on any atom is -0.507 e. The summed E-state index contributed by atoms with van der Waals surface area (Å²) in [7, 11) is 0. The quantitative estimate of drug-likeness (QED) is 0.126. The molecule has 0 spiro atoms. The van der Waals surface area contributed by atoms with Gasteiger partial charge in [0.05, 0.1) is 11.3 Å². The number of thiophene rings is 1. The number of hydrogen-bond donors (Lipinski definition) is 4. The molecule has 3 aromatic rings. The van der Waals surface area contributed by atoms with E-state index in [1.807, 2.05) is 109 Å². The van der Waals surface area contributed by atoms with Crippen LogP contribution in [-0.2, 0) is 11.2 Å². The number of benzene rings is 2. The highest BCUT2D eigenvalue weighted by atomic mass is 32.1. The lowest BCUT2D eigenvalue weighted by Gasteiger charge is -1.99. The highest BCUT2D eigenvalue weighted by molar-refractivity contribution is 7.20. The number of aldehydes is 1. The second kappa shape index (κ2) is 25.4. The summed E-state index contributed by atoms with van der Waals surface area (Å²) in [5, 5.41) is 17.3. The summed E-state index contributed by atoms with van der Waals surface area (Å²) >= 11 is 1.45. The lowest BCUT2D eigenvalue weighted by Crippen LogP contribution is -2.13. The van der Waals surface area contributed by atoms with E-state index in [0.717, 1.165) is 27.5 Å². The Morgan fingerprint density at radius 2 is 1.51 bits per heavy atom. The van der Waals surface area contributed by atoms with Crippen LogP contribution in [0.3, 0.4) is 0 Å². The average molecular weight is 503 g/mol. The number of primary amides is 1. The molecule has 0 bridgehead atoms. The van der Waals surface area contributed by atoms with E-state index < -0.39 is 0 Å². The second-order valence-corrected chi connectivity index (χ2v) is 6.84. The maximum absolute atomic E-state index is 10.7. The van der Waals surface area contributed by atoms with Gasteiger partial charge in [-0.15, -0.1) is 11.3 Å². The van der Waals surface area contributed by atoms with Gasteiger partial charge in [0.25, 0.3) is 0 Å². The van der Waals surface area contributed by atoms with Gasteiger partial charge in [-0.05, 0) is 48.2 Å². The number of nitrogens with two attached hydrogens (primary N) is 2. The minimum atomic E-state index is -0.286. The number of amides is 1. The monoisotopic (exact) mass is 502 g/mol. The summed E-state index contributed by atoms with van der Waals surface area (Å²) in [4.78, 5) is 21.8. The largest absolute Gasteiger partial charge is 0.507 e. The summed E-state index contributed by atoms with van der Waals surface area (Å²) in [6, 6.07) is 16.9. The number of allylic oxidation sites excluding steroid dienone is 3. The molecule has 0 aliphatic heterocycles. The van der Waals surface area contributed by atoms with Crippen molar-refractivity contribution in [3.05, 3.63) is 88.8 Å². The van der Waals surface area contributed by atoms with Crippen molar-refractivity contribution < 1.29 is 19.9 Å². The molecule has 1 aromatic heterocycles. The van der Waals surface area contributed by atoms with Crippen molar-refractivity contribution in [3.63, 3.8) is 0 Å². The van der Waals surface area contributed by atoms with Gasteiger partial charge in [-0.1, -0.05) is 84.0 Å². The van der Waals surface area contributed by atoms with Crippen LogP contribution in [0.1, 0.15) is 69.3 Å². The molecule has 0 radical (unpaired) electrons. The van der Waals surface area contributed by atoms with Crippen molar-refractivity contribution >= 4 is 39.4 Å². The van der Waals surface area contributed by atoms with Crippen molar-refractivity contribution in [1.29, 1.82) is 0 Å². The van der Waals surface area contributed by atoms with Gasteiger partial charge >= 0.3 is 0 Å². The van der Waals surface area contributed by atoms with Crippen LogP contribution in [0.2, 0.25) is 0 Å². The van der Waals surface area contributed by atoms with E-state index in [9.17, 15) is 14.7 Å². The van der Waals surface area contributed by atoms with Crippen LogP contribution >= 0.6 is 11.3 Å². The zero-order valence-corrected chi connectivity index (χ0v) is 22.8. The topological polar surface area (TPSA) is 127 Å². The highest BCUT2D eigenvalue weighted by Gasteiger charge is 2.04. The Kier molecular flexibility index (Phi) is 26.3. The molecule has 6 nitrogen and oxygen atoms in total. The summed E-state index contributed by atoms with van der Waals surface area (Å²) in [6.45, 7) is 13.9. The summed E-state index contributed by atoms with van der Waals surface area (Å²) < 4.78 is 1.05. The number of fused-ring (bicyclic) bond motifs is 1. The molecule has 0 atom stereocenters. The zero-order valence-electron chi connectivity index (χ0n) is 22.0. The van der Waals surface area contributed by atoms with Gasteiger partial charge in [0.1, 0.15) is 5.76 Å². The van der Waals surface area contributed by atoms with Crippen molar-refractivity contribution in [1.82, 2.24) is 0 Å². The predicted molar refractivity (Wildman–Crippen MR) is 152 cm³/mol. The lowest BCUT2D eigenvalue weighted by atomic mass is 10.1. The summed E-state index contributed by atoms with van der Waals surface area (Å²) in [6.07, 6.45) is 6.46. The Balaban J connectivity index is -0.000000487. The Bertz CT molecular complexity index is 981. The van der Waals surface area contributed by atoms with Gasteiger partial charge in [-0.25, -0.2) is 5.90 Å². The molecule has 35 heavy (non-hydrogen) atoms. The van der Waals surface area contributed by atoms with E-state index >= 15 is 0 Å². The number of carbonyl (C=O) groups is 2. The third-order valence-electron chi connectivity index (χ3n) is 3.62. The molecule has 6 N–H and O–H groups in total. The number of aliphatic hydroxyl groups is 1. The molecule has 7 heteroatoms. The SMILES string of the molecule is C/C=C/C=C(\O)c1ccc2sc(C=O)cc2c1.CC.CC.CC.NC(=O)Cc1ccccc1.NO. The van der Waals surface area contributed by atoms with Crippen LogP contribution in [-0.4, -0.2) is 22.5 Å². The van der Waals surface area contributed by atoms with Crippen LogP contribution in [0.25, 0.3) is 15.8 Å². The fourth-order valence-corrected chi connectivity index (χ4v) is 3.22. The van der Waals surface area contributed by atoms with Crippen molar-refractivity contribution in [2.45, 2.75) is 54.9 Å². The summed E-state index contributed by atoms with van der Waals surface area (Å²) in [5.74, 6) is 3.44. The fourth-order valence-electron chi connectivity index (χ4n) is 2.36. The highest BCUT2D eigenvalue weighted by Crippen LogP contribution is 2.27. The van der Waals surface area contributed by atoms with Crippen molar-refractivity contribution in [3.8, 4) is 0 Å². The molecule has 0 aliphatic carbocycles. The van der Waals surface area contributed by atoms with Gasteiger partial charge in [-0.2, -0.15) is 0 Å². The van der Waals surface area contributed by atoms with Gasteiger partial charge in [-0.3, -0.25) is 9.59 Å². The van der Waals surface area contributed by atoms with E-state index in [1.165, 1.54) is 11.3 Å². The molecule has 0 saturated carbocycles. The molecule has 3 rings (SSSR count). The Morgan fingerprint density at radius 1 is 0.943 bits per heavy atom. The summed E-state index contributed by atoms with van der Waals surface area (Å²) in [5.41, 5.74) is 6.71. The third-order valence-corrected chi connectivity index (χ3v) is 4.66. The van der Waals surface area contributed by atoms with Crippen LogP contribution in [0.15, 0.2) is 72.8 Å². The van der Waals surface area contributed by atoms with E-state index in [-0.39, 0.29) is 11.7 Å². The van der Waals surface area contributed by atoms with E-state index in [4.69, 9.17) is 10.9 Å². The van der Waals surface area contributed by atoms with Gasteiger partial charge in [0.2, 0.25) is 5.91 Å². The molecule has 1 heterocycles. The zero-order chi connectivity index (χ0) is 27.6. The standard InChI is InChI=1S/C14H12O2S.C8H9NO.3C2H6.H3NO/c1-2-3-4-13(16)10-5-6-14-11(7-10)8-12(9-15)17-14;9-8(10)6-7-4-2-1-3-5-7;4*1-2/h2-9,16H,1H3;1-5H,6H2,(H2,9,10);3*1-2H3;2H,1H2/b3-2+,13-4-;;;;;. The lowest BCUT2D eigenvalue weighted by molar-refractivity contribution is -0.117. The van der Waals surface area contributed by atoms with Crippen molar-refractivity contribution in [2.24, 2.45) is 11.6 Å². The predicted octanol–water partition coefficient (Wildman–Crippen LogP) is 7.32. The molecular formula is C28H42N2O4S. The molecule has 0 unspecified atom stereocenters. The maximum Gasteiger partial charge on any atom is 0.221 e. The van der Waals surface area contributed by atoms with Gasteiger partial charge < -0.3 is 16.0 Å². The number of aliphatic hydroxyl groups excluding tert-OH is 1. The second-order valence-electron chi connectivity index (χ2n) is 5.73. The van der Waals surface area contributed by atoms with Crippen LogP contribution in [0, 0.1) is 0 Å². The normalized spacial score (nSPS) is 9.34. The van der Waals surface area contributed by atoms with Gasteiger partial charge in [0, 0.05) is 10.3 Å². The Labute approximate surface area is 214 Å². The first kappa shape index (κ1) is 36.3. The number of hydrogen-bond acceptors (Lipinski definition) is 6. The molecule has 0 fully saturated rings. The van der Waals surface area contributed by atoms with Crippen LogP contribution < -0.4 is 11.6 Å². The first-order valence-electron chi connectivity index (χ1n) is 11.6. The van der Waals surface area contributed by atoms with Crippen LogP contribution in [0.5, 0.6) is 0 Å².